The Kier molecular flexibility index (Phi) is 7.40. The van der Waals surface area contributed by atoms with Gasteiger partial charge in [0.25, 0.3) is 5.56 Å². The summed E-state index contributed by atoms with van der Waals surface area (Å²) in [5.41, 5.74) is -0.0529. The number of nitrogens with one attached hydrogen (secondary N) is 3. The van der Waals surface area contributed by atoms with Gasteiger partial charge in [-0.1, -0.05) is 6.92 Å². The molecular weight excluding hydrogens is 336 g/mol. The van der Waals surface area contributed by atoms with Gasteiger partial charge in [-0.15, -0.1) is 0 Å². The fourth-order valence-electron chi connectivity index (χ4n) is 2.81. The molecule has 0 bridgehead atoms. The van der Waals surface area contributed by atoms with Gasteiger partial charge in [-0.3, -0.25) is 13.9 Å². The van der Waals surface area contributed by atoms with Gasteiger partial charge in [0, 0.05) is 26.7 Å². The second-order valence-electron chi connectivity index (χ2n) is 6.60. The second-order valence-corrected chi connectivity index (χ2v) is 6.60. The minimum atomic E-state index is -0.373. The van der Waals surface area contributed by atoms with E-state index < -0.39 is 0 Å². The van der Waals surface area contributed by atoms with E-state index in [1.165, 1.54) is 9.13 Å². The van der Waals surface area contributed by atoms with Gasteiger partial charge in [0.2, 0.25) is 5.95 Å². The molecule has 0 amide bonds. The maximum Gasteiger partial charge on any atom is 0.332 e. The minimum absolute atomic E-state index is 0.326. The van der Waals surface area contributed by atoms with Crippen molar-refractivity contribution in [3.05, 3.63) is 20.8 Å². The van der Waals surface area contributed by atoms with Crippen LogP contribution in [-0.2, 0) is 13.6 Å². The summed E-state index contributed by atoms with van der Waals surface area (Å²) in [5, 5.41) is 15.7. The van der Waals surface area contributed by atoms with Crippen molar-refractivity contribution in [3.63, 3.8) is 0 Å². The van der Waals surface area contributed by atoms with Crippen LogP contribution in [0.2, 0.25) is 0 Å². The summed E-state index contributed by atoms with van der Waals surface area (Å²) < 4.78 is 2.62. The number of unbranched alkanes of at least 4 members (excludes halogenated alkanes) is 1. The van der Waals surface area contributed by atoms with Gasteiger partial charge in [-0.05, 0) is 39.2 Å². The minimum Gasteiger partial charge on any atom is -0.393 e. The van der Waals surface area contributed by atoms with E-state index in [0.29, 0.717) is 43.0 Å². The molecule has 0 aliphatic carbocycles. The summed E-state index contributed by atoms with van der Waals surface area (Å²) in [6.45, 7) is 6.58. The summed E-state index contributed by atoms with van der Waals surface area (Å²) in [4.78, 5) is 32.4. The van der Waals surface area contributed by atoms with Crippen molar-refractivity contribution in [2.75, 3.05) is 25.0 Å². The van der Waals surface area contributed by atoms with Crippen LogP contribution < -0.4 is 21.9 Å². The third kappa shape index (κ3) is 4.95. The van der Waals surface area contributed by atoms with E-state index in [2.05, 4.69) is 27.5 Å². The van der Waals surface area contributed by atoms with Gasteiger partial charge >= 0.3 is 5.69 Å². The Morgan fingerprint density at radius 2 is 2.00 bits per heavy atom. The van der Waals surface area contributed by atoms with Gasteiger partial charge < -0.3 is 20.7 Å². The van der Waals surface area contributed by atoms with Crippen LogP contribution in [0.4, 0.5) is 5.95 Å². The van der Waals surface area contributed by atoms with Gasteiger partial charge in [0.1, 0.15) is 0 Å². The fourth-order valence-corrected chi connectivity index (χ4v) is 2.81. The Morgan fingerprint density at radius 3 is 2.69 bits per heavy atom. The largest absolute Gasteiger partial charge is 0.393 e. The van der Waals surface area contributed by atoms with E-state index in [-0.39, 0.29) is 17.4 Å². The maximum atomic E-state index is 12.6. The van der Waals surface area contributed by atoms with E-state index >= 15 is 0 Å². The van der Waals surface area contributed by atoms with Gasteiger partial charge in [0.15, 0.2) is 11.2 Å². The van der Waals surface area contributed by atoms with Crippen molar-refractivity contribution in [1.82, 2.24) is 24.4 Å². The predicted octanol–water partition coefficient (Wildman–Crippen LogP) is 0.386. The number of aromatic amines is 1. The molecule has 2 aromatic heterocycles. The molecule has 0 aromatic carbocycles. The zero-order valence-electron chi connectivity index (χ0n) is 15.8. The predicted molar refractivity (Wildman–Crippen MR) is 103 cm³/mol. The van der Waals surface area contributed by atoms with Crippen molar-refractivity contribution in [1.29, 1.82) is 0 Å². The number of rotatable bonds is 11. The monoisotopic (exact) mass is 366 g/mol. The zero-order chi connectivity index (χ0) is 19.1. The number of imidazole rings is 1. The Hall–Kier alpha value is -2.13. The smallest absolute Gasteiger partial charge is 0.332 e. The lowest BCUT2D eigenvalue weighted by atomic mass is 10.2. The normalized spacial score (nSPS) is 12.6. The van der Waals surface area contributed by atoms with Crippen molar-refractivity contribution in [3.8, 4) is 0 Å². The first-order chi connectivity index (χ1) is 12.5. The molecule has 0 saturated carbocycles. The highest BCUT2D eigenvalue weighted by Gasteiger charge is 2.15. The zero-order valence-corrected chi connectivity index (χ0v) is 15.8. The molecule has 9 heteroatoms. The highest BCUT2D eigenvalue weighted by atomic mass is 16.3. The summed E-state index contributed by atoms with van der Waals surface area (Å²) in [6, 6.07) is 0. The van der Waals surface area contributed by atoms with Crippen LogP contribution in [0, 0.1) is 0 Å². The van der Waals surface area contributed by atoms with E-state index in [0.717, 1.165) is 25.9 Å². The molecule has 1 unspecified atom stereocenters. The lowest BCUT2D eigenvalue weighted by molar-refractivity contribution is 0.180. The first-order valence-electron chi connectivity index (χ1n) is 9.27. The summed E-state index contributed by atoms with van der Waals surface area (Å²) in [7, 11) is 1.61. The molecule has 0 saturated heterocycles. The second kappa shape index (κ2) is 9.54. The number of hydrogen-bond acceptors (Lipinski definition) is 6. The Bertz CT molecular complexity index is 820. The van der Waals surface area contributed by atoms with E-state index in [4.69, 9.17) is 0 Å². The highest BCUT2D eigenvalue weighted by molar-refractivity contribution is 5.72. The van der Waals surface area contributed by atoms with Crippen LogP contribution in [0.3, 0.4) is 0 Å². The van der Waals surface area contributed by atoms with Gasteiger partial charge in [-0.25, -0.2) is 4.79 Å². The van der Waals surface area contributed by atoms with Crippen LogP contribution in [-0.4, -0.2) is 49.9 Å². The van der Waals surface area contributed by atoms with Crippen molar-refractivity contribution in [2.24, 2.45) is 7.05 Å². The van der Waals surface area contributed by atoms with Gasteiger partial charge in [0.05, 0.1) is 6.10 Å². The molecule has 0 aliphatic heterocycles. The molecule has 2 heterocycles. The molecule has 146 valence electrons. The number of fused-ring (bicyclic) bond motifs is 1. The highest BCUT2D eigenvalue weighted by Crippen LogP contribution is 2.08. The molecule has 0 spiro atoms. The Balaban J connectivity index is 2.14. The number of H-pyrrole nitrogens is 1. The first-order valence-corrected chi connectivity index (χ1v) is 9.27. The van der Waals surface area contributed by atoms with Crippen LogP contribution in [0.1, 0.15) is 39.5 Å². The molecule has 26 heavy (non-hydrogen) atoms. The number of aryl methyl sites for hydroxylation is 1. The standard InChI is InChI=1S/C17H30N6O3/c1-4-8-18-9-10-19-16-20-13-14(21-16)22(3)17(26)23(15(13)25)11-6-5-7-12(2)24/h12,18,24H,4-11H2,1-3H3,(H2,19,20,21). The van der Waals surface area contributed by atoms with E-state index in [1.54, 1.807) is 14.0 Å². The average molecular weight is 366 g/mol. The molecule has 2 aromatic rings. The molecule has 9 nitrogen and oxygen atoms in total. The summed E-state index contributed by atoms with van der Waals surface area (Å²) in [5.74, 6) is 0.484. The SMILES string of the molecule is CCCNCCNc1nc2c([nH]1)c(=O)n(CCCCC(C)O)c(=O)n2C. The average Bonchev–Trinajstić information content (AvgIpc) is 3.03. The fraction of sp³-hybridized carbons (Fsp3) is 0.706. The molecular formula is C17H30N6O3. The molecule has 0 aliphatic rings. The van der Waals surface area contributed by atoms with Crippen LogP contribution in [0.5, 0.6) is 0 Å². The number of aliphatic hydroxyl groups is 1. The number of hydrogen-bond donors (Lipinski definition) is 4. The lowest BCUT2D eigenvalue weighted by Gasteiger charge is -2.08. The van der Waals surface area contributed by atoms with Crippen molar-refractivity contribution >= 4 is 17.1 Å². The van der Waals surface area contributed by atoms with Crippen molar-refractivity contribution in [2.45, 2.75) is 52.2 Å². The lowest BCUT2D eigenvalue weighted by Crippen LogP contribution is -2.39. The maximum absolute atomic E-state index is 12.6. The number of nitrogens with zero attached hydrogens (tertiary/aromatic N) is 3. The molecule has 4 N–H and O–H groups in total. The number of anilines is 1. The summed E-state index contributed by atoms with van der Waals surface area (Å²) in [6.07, 6.45) is 2.77. The van der Waals surface area contributed by atoms with Crippen LogP contribution in [0.25, 0.3) is 11.2 Å². The van der Waals surface area contributed by atoms with E-state index in [1.807, 2.05) is 0 Å². The van der Waals surface area contributed by atoms with Crippen molar-refractivity contribution < 1.29 is 5.11 Å². The molecule has 0 radical (unpaired) electrons. The number of aromatic nitrogens is 4. The Labute approximate surface area is 152 Å². The van der Waals surface area contributed by atoms with Gasteiger partial charge in [-0.2, -0.15) is 4.98 Å². The molecule has 2 rings (SSSR count). The van der Waals surface area contributed by atoms with E-state index in [9.17, 15) is 14.7 Å². The van der Waals surface area contributed by atoms with Crippen LogP contribution >= 0.6 is 0 Å². The topological polar surface area (TPSA) is 117 Å². The molecule has 1 atom stereocenters. The molecule has 0 fully saturated rings. The quantitative estimate of drug-likeness (QED) is 0.427. The Morgan fingerprint density at radius 1 is 1.23 bits per heavy atom. The first kappa shape index (κ1) is 20.2. The summed E-state index contributed by atoms with van der Waals surface area (Å²) >= 11 is 0. The number of aliphatic hydroxyl groups excluding tert-OH is 1. The third-order valence-corrected chi connectivity index (χ3v) is 4.25. The van der Waals surface area contributed by atoms with Crippen LogP contribution in [0.15, 0.2) is 9.59 Å². The third-order valence-electron chi connectivity index (χ3n) is 4.25.